The zero-order valence-corrected chi connectivity index (χ0v) is 16.1. The van der Waals surface area contributed by atoms with E-state index in [9.17, 15) is 9.59 Å². The van der Waals surface area contributed by atoms with Crippen LogP contribution in [0, 0.1) is 5.41 Å². The second-order valence-corrected chi connectivity index (χ2v) is 8.44. The fourth-order valence-corrected chi connectivity index (χ4v) is 4.96. The number of piperidine rings is 2. The van der Waals surface area contributed by atoms with Gasteiger partial charge < -0.3 is 20.0 Å². The summed E-state index contributed by atoms with van der Waals surface area (Å²) in [6.07, 6.45) is 6.40. The minimum Gasteiger partial charge on any atom is -0.459 e. The quantitative estimate of drug-likeness (QED) is 0.828. The van der Waals surface area contributed by atoms with Gasteiger partial charge >= 0.3 is 0 Å². The maximum Gasteiger partial charge on any atom is 0.289 e. The van der Waals surface area contributed by atoms with E-state index in [1.165, 1.54) is 6.26 Å². The molecule has 2 amide bonds. The van der Waals surface area contributed by atoms with E-state index in [2.05, 4.69) is 22.6 Å². The summed E-state index contributed by atoms with van der Waals surface area (Å²) >= 11 is 0. The van der Waals surface area contributed by atoms with Crippen molar-refractivity contribution in [1.29, 1.82) is 0 Å². The van der Waals surface area contributed by atoms with Gasteiger partial charge in [0, 0.05) is 25.7 Å². The van der Waals surface area contributed by atoms with Gasteiger partial charge in [0.2, 0.25) is 5.91 Å². The molecule has 27 heavy (non-hydrogen) atoms. The minimum absolute atomic E-state index is 0.0223. The van der Waals surface area contributed by atoms with Crippen molar-refractivity contribution in [3.63, 3.8) is 0 Å². The molecule has 3 fully saturated rings. The van der Waals surface area contributed by atoms with Crippen molar-refractivity contribution in [2.24, 2.45) is 5.41 Å². The number of likely N-dealkylation sites (N-methyl/N-ethyl adjacent to an activating group) is 1. The molecule has 1 aromatic rings. The first-order valence-corrected chi connectivity index (χ1v) is 10.1. The summed E-state index contributed by atoms with van der Waals surface area (Å²) < 4.78 is 5.20. The molecule has 148 valence electrons. The number of nitrogens with zero attached hydrogens (tertiary/aromatic N) is 2. The van der Waals surface area contributed by atoms with Gasteiger partial charge in [-0.05, 0) is 69.8 Å². The fraction of sp³-hybridized carbons (Fsp3) is 0.700. The van der Waals surface area contributed by atoms with Crippen LogP contribution >= 0.6 is 0 Å². The van der Waals surface area contributed by atoms with Gasteiger partial charge in [0.25, 0.3) is 5.91 Å². The van der Waals surface area contributed by atoms with Gasteiger partial charge in [-0.2, -0.15) is 0 Å². The molecular formula is C20H30N4O3. The lowest BCUT2D eigenvalue weighted by Gasteiger charge is -2.33. The highest BCUT2D eigenvalue weighted by molar-refractivity contribution is 5.91. The number of hydrogen-bond donors (Lipinski definition) is 2. The fourth-order valence-electron chi connectivity index (χ4n) is 4.96. The summed E-state index contributed by atoms with van der Waals surface area (Å²) in [5, 5.41) is 6.68. The minimum atomic E-state index is -0.0619. The lowest BCUT2D eigenvalue weighted by atomic mass is 9.77. The van der Waals surface area contributed by atoms with E-state index in [1.807, 2.05) is 4.90 Å². The van der Waals surface area contributed by atoms with Gasteiger partial charge in [-0.25, -0.2) is 0 Å². The Labute approximate surface area is 160 Å². The summed E-state index contributed by atoms with van der Waals surface area (Å²) in [4.78, 5) is 29.3. The van der Waals surface area contributed by atoms with Crippen LogP contribution in [0.15, 0.2) is 22.8 Å². The summed E-state index contributed by atoms with van der Waals surface area (Å²) in [6.45, 7) is 4.44. The van der Waals surface area contributed by atoms with Crippen LogP contribution in [0.5, 0.6) is 0 Å². The SMILES string of the molecule is CN1CC2(CCNCC2)CC1C(=O)NC1CCN(C(=O)c2ccco2)CC1. The molecule has 1 spiro atoms. The van der Waals surface area contributed by atoms with Gasteiger partial charge in [-0.15, -0.1) is 0 Å². The Morgan fingerprint density at radius 3 is 2.67 bits per heavy atom. The molecule has 1 atom stereocenters. The molecule has 7 heteroatoms. The third kappa shape index (κ3) is 3.89. The Morgan fingerprint density at radius 1 is 1.26 bits per heavy atom. The maximum atomic E-state index is 12.9. The Morgan fingerprint density at radius 2 is 2.00 bits per heavy atom. The summed E-state index contributed by atoms with van der Waals surface area (Å²) in [5.41, 5.74) is 0.306. The Balaban J connectivity index is 1.28. The van der Waals surface area contributed by atoms with Crippen molar-refractivity contribution >= 4 is 11.8 Å². The summed E-state index contributed by atoms with van der Waals surface area (Å²) in [5.74, 6) is 0.481. The monoisotopic (exact) mass is 374 g/mol. The van der Waals surface area contributed by atoms with E-state index in [0.717, 1.165) is 51.7 Å². The van der Waals surface area contributed by atoms with Gasteiger partial charge in [0.05, 0.1) is 12.3 Å². The van der Waals surface area contributed by atoms with Crippen LogP contribution < -0.4 is 10.6 Å². The maximum absolute atomic E-state index is 12.9. The molecule has 0 radical (unpaired) electrons. The molecule has 1 unspecified atom stereocenters. The summed E-state index contributed by atoms with van der Waals surface area (Å²) in [7, 11) is 2.08. The molecule has 3 aliphatic rings. The third-order valence-corrected chi connectivity index (χ3v) is 6.57. The first kappa shape index (κ1) is 18.5. The summed E-state index contributed by atoms with van der Waals surface area (Å²) in [6, 6.07) is 3.55. The van der Waals surface area contributed by atoms with Crippen LogP contribution in [-0.4, -0.2) is 73.5 Å². The number of rotatable bonds is 3. The smallest absolute Gasteiger partial charge is 0.289 e. The predicted molar refractivity (Wildman–Crippen MR) is 101 cm³/mol. The standard InChI is InChI=1S/C20H30N4O3/c1-23-14-20(6-8-21-9-7-20)13-16(23)18(25)22-15-4-10-24(11-5-15)19(26)17-3-2-12-27-17/h2-3,12,15-16,21H,4-11,13-14H2,1H3,(H,22,25). The van der Waals surface area contributed by atoms with Crippen molar-refractivity contribution < 1.29 is 14.0 Å². The molecular weight excluding hydrogens is 344 g/mol. The second-order valence-electron chi connectivity index (χ2n) is 8.44. The highest BCUT2D eigenvalue weighted by Gasteiger charge is 2.45. The number of carbonyl (C=O) groups excluding carboxylic acids is 2. The molecule has 2 N–H and O–H groups in total. The Hall–Kier alpha value is -1.86. The molecule has 1 aromatic heterocycles. The van der Waals surface area contributed by atoms with Crippen molar-refractivity contribution in [3.8, 4) is 0 Å². The van der Waals surface area contributed by atoms with E-state index >= 15 is 0 Å². The van der Waals surface area contributed by atoms with E-state index < -0.39 is 0 Å². The number of amides is 2. The molecule has 3 aliphatic heterocycles. The third-order valence-electron chi connectivity index (χ3n) is 6.57. The van der Waals surface area contributed by atoms with Crippen molar-refractivity contribution in [1.82, 2.24) is 20.4 Å². The second kappa shape index (κ2) is 7.64. The van der Waals surface area contributed by atoms with E-state index in [1.54, 1.807) is 12.1 Å². The molecule has 0 aromatic carbocycles. The van der Waals surface area contributed by atoms with Gasteiger partial charge in [0.1, 0.15) is 0 Å². The first-order valence-electron chi connectivity index (χ1n) is 10.1. The molecule has 0 bridgehead atoms. The van der Waals surface area contributed by atoms with Crippen LogP contribution in [0.1, 0.15) is 42.7 Å². The van der Waals surface area contributed by atoms with Crippen molar-refractivity contribution in [2.45, 2.75) is 44.2 Å². The number of likely N-dealkylation sites (tertiary alicyclic amines) is 2. The van der Waals surface area contributed by atoms with Crippen molar-refractivity contribution in [3.05, 3.63) is 24.2 Å². The number of nitrogens with one attached hydrogen (secondary N) is 2. The molecule has 4 rings (SSSR count). The molecule has 0 saturated carbocycles. The highest BCUT2D eigenvalue weighted by atomic mass is 16.3. The van der Waals surface area contributed by atoms with Gasteiger partial charge in [-0.1, -0.05) is 0 Å². The number of furan rings is 1. The Bertz CT molecular complexity index is 661. The van der Waals surface area contributed by atoms with Gasteiger partial charge in [0.15, 0.2) is 5.76 Å². The first-order chi connectivity index (χ1) is 13.1. The van der Waals surface area contributed by atoms with E-state index in [4.69, 9.17) is 4.42 Å². The predicted octanol–water partition coefficient (Wildman–Crippen LogP) is 1.07. The van der Waals surface area contributed by atoms with Gasteiger partial charge in [-0.3, -0.25) is 14.5 Å². The van der Waals surface area contributed by atoms with E-state index in [0.29, 0.717) is 24.3 Å². The lowest BCUT2D eigenvalue weighted by molar-refractivity contribution is -0.126. The zero-order chi connectivity index (χ0) is 18.9. The van der Waals surface area contributed by atoms with Crippen LogP contribution in [-0.2, 0) is 4.79 Å². The highest BCUT2D eigenvalue weighted by Crippen LogP contribution is 2.41. The zero-order valence-electron chi connectivity index (χ0n) is 16.1. The number of carbonyl (C=O) groups is 2. The van der Waals surface area contributed by atoms with Crippen molar-refractivity contribution in [2.75, 3.05) is 39.8 Å². The van der Waals surface area contributed by atoms with Crippen LogP contribution in [0.4, 0.5) is 0 Å². The molecule has 4 heterocycles. The molecule has 3 saturated heterocycles. The average Bonchev–Trinajstić information content (AvgIpc) is 3.31. The normalized spacial score (nSPS) is 26.4. The van der Waals surface area contributed by atoms with Crippen LogP contribution in [0.25, 0.3) is 0 Å². The lowest BCUT2D eigenvalue weighted by Crippen LogP contribution is -2.50. The Kier molecular flexibility index (Phi) is 5.23. The average molecular weight is 374 g/mol. The number of hydrogen-bond acceptors (Lipinski definition) is 5. The van der Waals surface area contributed by atoms with Crippen LogP contribution in [0.2, 0.25) is 0 Å². The van der Waals surface area contributed by atoms with E-state index in [-0.39, 0.29) is 23.9 Å². The largest absolute Gasteiger partial charge is 0.459 e. The topological polar surface area (TPSA) is 77.8 Å². The molecule has 0 aliphatic carbocycles. The molecule has 7 nitrogen and oxygen atoms in total. The van der Waals surface area contributed by atoms with Crippen LogP contribution in [0.3, 0.4) is 0 Å².